The van der Waals surface area contributed by atoms with E-state index in [9.17, 15) is 13.9 Å². The standard InChI is InChI=1S/C8H10F2N4O/c1-14-6(11-12-13-14)7(15)2-4-8(9,10)5-3-7/h2,4,15H,3,5H2,1H3. The average Bonchev–Trinajstić information content (AvgIpc) is 2.58. The summed E-state index contributed by atoms with van der Waals surface area (Å²) in [7, 11) is 1.55. The molecule has 1 aromatic rings. The fraction of sp³-hybridized carbons (Fsp3) is 0.625. The van der Waals surface area contributed by atoms with Crippen LogP contribution in [0.4, 0.5) is 8.78 Å². The van der Waals surface area contributed by atoms with Crippen molar-refractivity contribution in [1.29, 1.82) is 0 Å². The first kappa shape index (κ1) is 10.2. The van der Waals surface area contributed by atoms with Gasteiger partial charge in [-0.15, -0.1) is 5.10 Å². The van der Waals surface area contributed by atoms with Gasteiger partial charge in [0, 0.05) is 13.5 Å². The van der Waals surface area contributed by atoms with E-state index >= 15 is 0 Å². The lowest BCUT2D eigenvalue weighted by Crippen LogP contribution is -2.34. The van der Waals surface area contributed by atoms with Crippen molar-refractivity contribution < 1.29 is 13.9 Å². The molecule has 0 saturated carbocycles. The maximum Gasteiger partial charge on any atom is 0.266 e. The first-order valence-electron chi connectivity index (χ1n) is 4.46. The summed E-state index contributed by atoms with van der Waals surface area (Å²) in [5.74, 6) is -2.67. The van der Waals surface area contributed by atoms with E-state index in [0.29, 0.717) is 6.08 Å². The summed E-state index contributed by atoms with van der Waals surface area (Å²) in [5.41, 5.74) is -1.49. The van der Waals surface area contributed by atoms with Crippen LogP contribution in [-0.4, -0.2) is 31.2 Å². The third kappa shape index (κ3) is 1.74. The van der Waals surface area contributed by atoms with Gasteiger partial charge in [0.15, 0.2) is 5.82 Å². The van der Waals surface area contributed by atoms with E-state index in [4.69, 9.17) is 0 Å². The second-order valence-electron chi connectivity index (χ2n) is 3.64. The maximum absolute atomic E-state index is 12.8. The van der Waals surface area contributed by atoms with Crippen molar-refractivity contribution in [2.45, 2.75) is 24.4 Å². The molecule has 5 nitrogen and oxygen atoms in total. The number of aliphatic hydroxyl groups is 1. The molecule has 0 saturated heterocycles. The number of allylic oxidation sites excluding steroid dienone is 1. The lowest BCUT2D eigenvalue weighted by atomic mass is 9.88. The molecule has 0 radical (unpaired) electrons. The molecule has 0 fully saturated rings. The van der Waals surface area contributed by atoms with Crippen molar-refractivity contribution in [3.05, 3.63) is 18.0 Å². The number of halogens is 2. The monoisotopic (exact) mass is 216 g/mol. The predicted molar refractivity (Wildman–Crippen MR) is 46.0 cm³/mol. The number of alkyl halides is 2. The molecule has 2 rings (SSSR count). The first-order valence-corrected chi connectivity index (χ1v) is 4.46. The van der Waals surface area contributed by atoms with Gasteiger partial charge in [0.2, 0.25) is 0 Å². The highest BCUT2D eigenvalue weighted by molar-refractivity contribution is 5.18. The summed E-state index contributed by atoms with van der Waals surface area (Å²) < 4.78 is 26.9. The average molecular weight is 216 g/mol. The molecule has 1 N–H and O–H groups in total. The molecule has 1 aliphatic carbocycles. The number of hydrogen-bond acceptors (Lipinski definition) is 4. The van der Waals surface area contributed by atoms with Crippen molar-refractivity contribution in [2.24, 2.45) is 7.05 Å². The number of tetrazole rings is 1. The van der Waals surface area contributed by atoms with Crippen LogP contribution in [0.25, 0.3) is 0 Å². The molecule has 1 atom stereocenters. The van der Waals surface area contributed by atoms with E-state index in [0.717, 1.165) is 6.08 Å². The van der Waals surface area contributed by atoms with Crippen LogP contribution in [-0.2, 0) is 12.6 Å². The Balaban J connectivity index is 2.35. The van der Waals surface area contributed by atoms with Gasteiger partial charge in [-0.3, -0.25) is 0 Å². The first-order chi connectivity index (χ1) is 6.93. The zero-order valence-corrected chi connectivity index (χ0v) is 8.06. The van der Waals surface area contributed by atoms with Gasteiger partial charge < -0.3 is 5.11 Å². The molecule has 0 aliphatic heterocycles. The third-order valence-corrected chi connectivity index (χ3v) is 2.45. The predicted octanol–water partition coefficient (Wildman–Crippen LogP) is 0.383. The lowest BCUT2D eigenvalue weighted by molar-refractivity contribution is -0.0187. The molecule has 0 spiro atoms. The highest BCUT2D eigenvalue weighted by Gasteiger charge is 2.41. The van der Waals surface area contributed by atoms with Gasteiger partial charge in [0.1, 0.15) is 5.60 Å². The van der Waals surface area contributed by atoms with Crippen LogP contribution in [0.2, 0.25) is 0 Å². The minimum Gasteiger partial charge on any atom is -0.378 e. The van der Waals surface area contributed by atoms with Gasteiger partial charge in [-0.05, 0) is 29.0 Å². The molecule has 1 unspecified atom stereocenters. The largest absolute Gasteiger partial charge is 0.378 e. The van der Waals surface area contributed by atoms with E-state index < -0.39 is 17.9 Å². The number of aryl methyl sites for hydroxylation is 1. The van der Waals surface area contributed by atoms with Crippen molar-refractivity contribution >= 4 is 0 Å². The van der Waals surface area contributed by atoms with E-state index in [2.05, 4.69) is 15.5 Å². The Bertz CT molecular complexity index is 403. The molecule has 0 amide bonds. The van der Waals surface area contributed by atoms with E-state index in [1.807, 2.05) is 0 Å². The molecular weight excluding hydrogens is 206 g/mol. The van der Waals surface area contributed by atoms with Crippen LogP contribution >= 0.6 is 0 Å². The molecule has 0 aromatic carbocycles. The fourth-order valence-electron chi connectivity index (χ4n) is 1.57. The molecular formula is C8H10F2N4O. The molecule has 1 heterocycles. The van der Waals surface area contributed by atoms with Crippen molar-refractivity contribution in [3.8, 4) is 0 Å². The summed E-state index contributed by atoms with van der Waals surface area (Å²) in [6, 6.07) is 0. The minimum atomic E-state index is -2.85. The Morgan fingerprint density at radius 3 is 2.60 bits per heavy atom. The minimum absolute atomic E-state index is 0.0925. The fourth-order valence-corrected chi connectivity index (χ4v) is 1.57. The van der Waals surface area contributed by atoms with Crippen LogP contribution < -0.4 is 0 Å². The van der Waals surface area contributed by atoms with Crippen LogP contribution in [0.15, 0.2) is 12.2 Å². The lowest BCUT2D eigenvalue weighted by Gasteiger charge is -2.28. The van der Waals surface area contributed by atoms with Gasteiger partial charge >= 0.3 is 0 Å². The topological polar surface area (TPSA) is 63.8 Å². The van der Waals surface area contributed by atoms with Crippen LogP contribution in [0.1, 0.15) is 18.7 Å². The number of hydrogen-bond donors (Lipinski definition) is 1. The molecule has 0 bridgehead atoms. The summed E-state index contributed by atoms with van der Waals surface area (Å²) in [6.45, 7) is 0. The Hall–Kier alpha value is -1.37. The van der Waals surface area contributed by atoms with Gasteiger partial charge in [-0.25, -0.2) is 13.5 Å². The number of aromatic nitrogens is 4. The zero-order chi connectivity index (χ0) is 11.1. The quantitative estimate of drug-likeness (QED) is 0.689. The Morgan fingerprint density at radius 2 is 2.13 bits per heavy atom. The van der Waals surface area contributed by atoms with Crippen LogP contribution in [0.5, 0.6) is 0 Å². The summed E-state index contributed by atoms with van der Waals surface area (Å²) in [6.07, 6.45) is 1.25. The maximum atomic E-state index is 12.8. The molecule has 15 heavy (non-hydrogen) atoms. The van der Waals surface area contributed by atoms with E-state index in [1.54, 1.807) is 7.05 Å². The normalized spacial score (nSPS) is 29.3. The Labute approximate surface area is 84.4 Å². The number of nitrogens with zero attached hydrogens (tertiary/aromatic N) is 4. The zero-order valence-electron chi connectivity index (χ0n) is 8.06. The summed E-state index contributed by atoms with van der Waals surface area (Å²) >= 11 is 0. The molecule has 82 valence electrons. The van der Waals surface area contributed by atoms with Gasteiger partial charge in [0.25, 0.3) is 5.92 Å². The van der Waals surface area contributed by atoms with E-state index in [1.165, 1.54) is 4.68 Å². The highest BCUT2D eigenvalue weighted by Crippen LogP contribution is 2.37. The van der Waals surface area contributed by atoms with Gasteiger partial charge in [0.05, 0.1) is 0 Å². The Kier molecular flexibility index (Phi) is 2.07. The van der Waals surface area contributed by atoms with Crippen molar-refractivity contribution in [1.82, 2.24) is 20.2 Å². The van der Waals surface area contributed by atoms with Crippen LogP contribution in [0, 0.1) is 0 Å². The SMILES string of the molecule is Cn1nnnc1C1(O)C=CC(F)(F)CC1. The highest BCUT2D eigenvalue weighted by atomic mass is 19.3. The molecule has 1 aromatic heterocycles. The van der Waals surface area contributed by atoms with Crippen molar-refractivity contribution in [3.63, 3.8) is 0 Å². The summed E-state index contributed by atoms with van der Waals surface area (Å²) in [4.78, 5) is 0. The molecule has 7 heteroatoms. The Morgan fingerprint density at radius 1 is 1.40 bits per heavy atom. The second-order valence-corrected chi connectivity index (χ2v) is 3.64. The molecule has 1 aliphatic rings. The smallest absolute Gasteiger partial charge is 0.266 e. The number of rotatable bonds is 1. The van der Waals surface area contributed by atoms with Crippen molar-refractivity contribution in [2.75, 3.05) is 0 Å². The van der Waals surface area contributed by atoms with Crippen LogP contribution in [0.3, 0.4) is 0 Å². The van der Waals surface area contributed by atoms with E-state index in [-0.39, 0.29) is 12.2 Å². The summed E-state index contributed by atoms with van der Waals surface area (Å²) in [5, 5.41) is 20.6. The van der Waals surface area contributed by atoms with Gasteiger partial charge in [-0.2, -0.15) is 0 Å². The second kappa shape index (κ2) is 3.06. The third-order valence-electron chi connectivity index (χ3n) is 2.45. The van der Waals surface area contributed by atoms with Gasteiger partial charge in [-0.1, -0.05) is 0 Å².